The Bertz CT molecular complexity index is 554. The summed E-state index contributed by atoms with van der Waals surface area (Å²) >= 11 is 0. The fraction of sp³-hybridized carbons (Fsp3) is 0.500. The molecule has 0 spiro atoms. The highest BCUT2D eigenvalue weighted by atomic mass is 32.2. The molecule has 1 aromatic rings. The first kappa shape index (κ1) is 14.1. The van der Waals surface area contributed by atoms with E-state index in [2.05, 4.69) is 0 Å². The first-order valence-corrected chi connectivity index (χ1v) is 8.25. The molecule has 0 N–H and O–H groups in total. The smallest absolute Gasteiger partial charge is 0.180 e. The maximum Gasteiger partial charge on any atom is 0.180 e. The molecule has 4 nitrogen and oxygen atoms in total. The van der Waals surface area contributed by atoms with Crippen LogP contribution in [0.3, 0.4) is 0 Å². The van der Waals surface area contributed by atoms with Crippen LogP contribution >= 0.6 is 0 Å². The maximum absolute atomic E-state index is 12.1. The first-order chi connectivity index (χ1) is 9.08. The van der Waals surface area contributed by atoms with E-state index in [1.165, 1.54) is 0 Å². The second-order valence-electron chi connectivity index (χ2n) is 4.86. The Morgan fingerprint density at radius 3 is 2.79 bits per heavy atom. The Balaban J connectivity index is 2.37. The van der Waals surface area contributed by atoms with E-state index in [0.29, 0.717) is 11.4 Å². The fourth-order valence-corrected chi connectivity index (χ4v) is 3.59. The van der Waals surface area contributed by atoms with Gasteiger partial charge in [0.25, 0.3) is 0 Å². The summed E-state index contributed by atoms with van der Waals surface area (Å²) in [5.74, 6) is 0.0979. The van der Waals surface area contributed by atoms with Crippen LogP contribution in [0.5, 0.6) is 0 Å². The third kappa shape index (κ3) is 2.97. The lowest BCUT2D eigenvalue weighted by Crippen LogP contribution is -2.36. The van der Waals surface area contributed by atoms with Gasteiger partial charge >= 0.3 is 0 Å². The van der Waals surface area contributed by atoms with Crippen LogP contribution < -0.4 is 4.90 Å². The molecule has 1 atom stereocenters. The lowest BCUT2D eigenvalue weighted by atomic mass is 9.99. The van der Waals surface area contributed by atoms with Crippen LogP contribution in [-0.4, -0.2) is 33.5 Å². The Morgan fingerprint density at radius 2 is 2.11 bits per heavy atom. The summed E-state index contributed by atoms with van der Waals surface area (Å²) in [6.45, 7) is 3.07. The van der Waals surface area contributed by atoms with E-state index in [4.69, 9.17) is 0 Å². The number of benzene rings is 1. The average Bonchev–Trinajstić information content (AvgIpc) is 2.47. The fourth-order valence-electron chi connectivity index (χ4n) is 2.48. The molecule has 1 aliphatic rings. The topological polar surface area (TPSA) is 54.5 Å². The van der Waals surface area contributed by atoms with E-state index in [9.17, 15) is 13.2 Å². The molecule has 0 bridgehead atoms. The summed E-state index contributed by atoms with van der Waals surface area (Å²) in [6, 6.07) is 7.07. The summed E-state index contributed by atoms with van der Waals surface area (Å²) in [7, 11) is -3.23. The highest BCUT2D eigenvalue weighted by molar-refractivity contribution is 7.91. The Hall–Kier alpha value is -1.36. The van der Waals surface area contributed by atoms with Crippen LogP contribution in [0.2, 0.25) is 0 Å². The van der Waals surface area contributed by atoms with E-state index in [-0.39, 0.29) is 11.7 Å². The molecule has 0 saturated carbocycles. The molecule has 1 saturated heterocycles. The molecule has 1 aromatic carbocycles. The van der Waals surface area contributed by atoms with Gasteiger partial charge in [0, 0.05) is 19.0 Å². The summed E-state index contributed by atoms with van der Waals surface area (Å²) in [4.78, 5) is 13.3. The van der Waals surface area contributed by atoms with Crippen molar-refractivity contribution in [2.75, 3.05) is 23.7 Å². The molecule has 1 unspecified atom stereocenters. The zero-order valence-corrected chi connectivity index (χ0v) is 11.9. The minimum absolute atomic E-state index is 0.00568. The number of hydrogen-bond acceptors (Lipinski definition) is 4. The Morgan fingerprint density at radius 1 is 1.37 bits per heavy atom. The molecule has 19 heavy (non-hydrogen) atoms. The van der Waals surface area contributed by atoms with E-state index in [1.54, 1.807) is 19.1 Å². The van der Waals surface area contributed by atoms with E-state index in [1.807, 2.05) is 17.0 Å². The number of carbonyl (C=O) groups excluding carboxylic acids is 1. The quantitative estimate of drug-likeness (QED) is 0.791. The standard InChI is InChI=1S/C14H19NO3S/c1-2-19(17,18)14-8-4-3-7-13(14)15-9-5-6-12(10-15)11-16/h3-4,7-8,11-12H,2,5-6,9-10H2,1H3. The van der Waals surface area contributed by atoms with Crippen molar-refractivity contribution in [2.24, 2.45) is 5.92 Å². The summed E-state index contributed by atoms with van der Waals surface area (Å²) in [6.07, 6.45) is 2.79. The number of carbonyl (C=O) groups is 1. The van der Waals surface area contributed by atoms with Crippen LogP contribution in [0.1, 0.15) is 19.8 Å². The van der Waals surface area contributed by atoms with Crippen molar-refractivity contribution in [3.8, 4) is 0 Å². The van der Waals surface area contributed by atoms with Crippen LogP contribution in [0.4, 0.5) is 5.69 Å². The Kier molecular flexibility index (Phi) is 4.24. The van der Waals surface area contributed by atoms with Crippen molar-refractivity contribution < 1.29 is 13.2 Å². The molecule has 0 aromatic heterocycles. The monoisotopic (exact) mass is 281 g/mol. The number of nitrogens with zero attached hydrogens (tertiary/aromatic N) is 1. The van der Waals surface area contributed by atoms with Crippen molar-refractivity contribution >= 4 is 21.8 Å². The van der Waals surface area contributed by atoms with E-state index < -0.39 is 9.84 Å². The molecule has 1 aliphatic heterocycles. The zero-order valence-electron chi connectivity index (χ0n) is 11.1. The van der Waals surface area contributed by atoms with Crippen LogP contribution in [0.25, 0.3) is 0 Å². The van der Waals surface area contributed by atoms with E-state index in [0.717, 1.165) is 31.4 Å². The predicted octanol–water partition coefficient (Wildman–Crippen LogP) is 1.90. The van der Waals surface area contributed by atoms with Crippen molar-refractivity contribution in [1.29, 1.82) is 0 Å². The van der Waals surface area contributed by atoms with Gasteiger partial charge in [0.1, 0.15) is 6.29 Å². The van der Waals surface area contributed by atoms with Gasteiger partial charge in [-0.05, 0) is 25.0 Å². The van der Waals surface area contributed by atoms with Gasteiger partial charge in [0.05, 0.1) is 16.3 Å². The molecule has 0 aliphatic carbocycles. The molecule has 1 heterocycles. The van der Waals surface area contributed by atoms with E-state index >= 15 is 0 Å². The third-order valence-electron chi connectivity index (χ3n) is 3.57. The third-order valence-corrected chi connectivity index (χ3v) is 5.35. The number of piperidine rings is 1. The highest BCUT2D eigenvalue weighted by Gasteiger charge is 2.24. The molecule has 0 radical (unpaired) electrons. The van der Waals surface area contributed by atoms with Gasteiger partial charge in [-0.2, -0.15) is 0 Å². The first-order valence-electron chi connectivity index (χ1n) is 6.60. The van der Waals surface area contributed by atoms with Gasteiger partial charge in [-0.25, -0.2) is 8.42 Å². The summed E-state index contributed by atoms with van der Waals surface area (Å²) < 4.78 is 24.2. The number of sulfone groups is 1. The number of anilines is 1. The van der Waals surface area contributed by atoms with Crippen LogP contribution in [0.15, 0.2) is 29.2 Å². The molecule has 104 valence electrons. The van der Waals surface area contributed by atoms with Crippen molar-refractivity contribution in [2.45, 2.75) is 24.7 Å². The lowest BCUT2D eigenvalue weighted by molar-refractivity contribution is -0.111. The van der Waals surface area contributed by atoms with Crippen molar-refractivity contribution in [3.05, 3.63) is 24.3 Å². The molecular weight excluding hydrogens is 262 g/mol. The summed E-state index contributed by atoms with van der Waals surface area (Å²) in [5, 5.41) is 0. The number of hydrogen-bond donors (Lipinski definition) is 0. The van der Waals surface area contributed by atoms with Gasteiger partial charge in [-0.3, -0.25) is 0 Å². The van der Waals surface area contributed by atoms with Crippen LogP contribution in [0, 0.1) is 5.92 Å². The molecule has 2 rings (SSSR count). The summed E-state index contributed by atoms with van der Waals surface area (Å²) in [5.41, 5.74) is 0.732. The van der Waals surface area contributed by atoms with Gasteiger partial charge in [-0.15, -0.1) is 0 Å². The molecule has 5 heteroatoms. The SMILES string of the molecule is CCS(=O)(=O)c1ccccc1N1CCCC(C=O)C1. The van der Waals surface area contributed by atoms with Gasteiger partial charge in [0.2, 0.25) is 0 Å². The molecule has 0 amide bonds. The Labute approximate surface area is 114 Å². The van der Waals surface area contributed by atoms with Crippen molar-refractivity contribution in [3.63, 3.8) is 0 Å². The minimum atomic E-state index is -3.23. The van der Waals surface area contributed by atoms with Gasteiger partial charge < -0.3 is 9.69 Å². The number of rotatable bonds is 4. The molecule has 1 fully saturated rings. The predicted molar refractivity (Wildman–Crippen MR) is 75.2 cm³/mol. The van der Waals surface area contributed by atoms with Gasteiger partial charge in [0.15, 0.2) is 9.84 Å². The second-order valence-corrected chi connectivity index (χ2v) is 7.10. The zero-order chi connectivity index (χ0) is 13.9. The number of para-hydroxylation sites is 1. The highest BCUT2D eigenvalue weighted by Crippen LogP contribution is 2.29. The maximum atomic E-state index is 12.1. The van der Waals surface area contributed by atoms with Crippen LogP contribution in [-0.2, 0) is 14.6 Å². The normalized spacial score (nSPS) is 20.3. The minimum Gasteiger partial charge on any atom is -0.370 e. The van der Waals surface area contributed by atoms with Crippen molar-refractivity contribution in [1.82, 2.24) is 0 Å². The number of aldehydes is 1. The largest absolute Gasteiger partial charge is 0.370 e. The molecular formula is C14H19NO3S. The van der Waals surface area contributed by atoms with Gasteiger partial charge in [-0.1, -0.05) is 19.1 Å². The lowest BCUT2D eigenvalue weighted by Gasteiger charge is -2.33. The second kappa shape index (κ2) is 5.74. The average molecular weight is 281 g/mol.